The predicted molar refractivity (Wildman–Crippen MR) is 43.1 cm³/mol. The van der Waals surface area contributed by atoms with Gasteiger partial charge in [-0.05, 0) is 11.6 Å². The van der Waals surface area contributed by atoms with Gasteiger partial charge >= 0.3 is 0 Å². The van der Waals surface area contributed by atoms with Crippen LogP contribution in [0.4, 0.5) is 8.78 Å². The molecule has 0 heterocycles. The van der Waals surface area contributed by atoms with Gasteiger partial charge in [-0.15, -0.1) is 0 Å². The monoisotopic (exact) mass is 183 g/mol. The van der Waals surface area contributed by atoms with Gasteiger partial charge in [0.15, 0.2) is 0 Å². The summed E-state index contributed by atoms with van der Waals surface area (Å²) in [6, 6.07) is 5.78. The SMILES string of the molecule is O=C=NC(F)Cc1ccccc1F. The number of rotatable bonds is 3. The highest BCUT2D eigenvalue weighted by atomic mass is 19.1. The van der Waals surface area contributed by atoms with Gasteiger partial charge in [0.2, 0.25) is 12.4 Å². The van der Waals surface area contributed by atoms with E-state index in [1.165, 1.54) is 18.2 Å². The third-order valence-corrected chi connectivity index (χ3v) is 1.54. The third kappa shape index (κ3) is 2.76. The van der Waals surface area contributed by atoms with Crippen LogP contribution in [0.3, 0.4) is 0 Å². The Balaban J connectivity index is 2.74. The fourth-order valence-corrected chi connectivity index (χ4v) is 0.948. The van der Waals surface area contributed by atoms with Gasteiger partial charge in [-0.2, -0.15) is 4.99 Å². The second-order valence-electron chi connectivity index (χ2n) is 2.45. The molecule has 0 bridgehead atoms. The van der Waals surface area contributed by atoms with Crippen molar-refractivity contribution in [1.29, 1.82) is 0 Å². The van der Waals surface area contributed by atoms with Crippen LogP contribution < -0.4 is 0 Å². The number of benzene rings is 1. The molecule has 0 amide bonds. The Morgan fingerprint density at radius 2 is 2.15 bits per heavy atom. The van der Waals surface area contributed by atoms with Gasteiger partial charge in [-0.1, -0.05) is 18.2 Å². The minimum atomic E-state index is -1.71. The summed E-state index contributed by atoms with van der Waals surface area (Å²) in [6.07, 6.45) is -0.863. The summed E-state index contributed by atoms with van der Waals surface area (Å²) in [4.78, 5) is 12.5. The average molecular weight is 183 g/mol. The fourth-order valence-electron chi connectivity index (χ4n) is 0.948. The third-order valence-electron chi connectivity index (χ3n) is 1.54. The van der Waals surface area contributed by atoms with E-state index < -0.39 is 12.1 Å². The summed E-state index contributed by atoms with van der Waals surface area (Å²) in [5, 5.41) is 0. The molecule has 1 rings (SSSR count). The van der Waals surface area contributed by atoms with Crippen LogP contribution in [0.5, 0.6) is 0 Å². The minimum absolute atomic E-state index is 0.203. The first-order valence-corrected chi connectivity index (χ1v) is 3.68. The van der Waals surface area contributed by atoms with Gasteiger partial charge in [0.25, 0.3) is 0 Å². The van der Waals surface area contributed by atoms with Crippen molar-refractivity contribution in [2.24, 2.45) is 4.99 Å². The Kier molecular flexibility index (Phi) is 3.29. The van der Waals surface area contributed by atoms with Crippen molar-refractivity contribution in [3.8, 4) is 0 Å². The van der Waals surface area contributed by atoms with Gasteiger partial charge in [0, 0.05) is 6.42 Å². The standard InChI is InChI=1S/C9H7F2NO/c10-8-4-2-1-3-7(8)5-9(11)12-6-13/h1-4,9H,5H2. The lowest BCUT2D eigenvalue weighted by Crippen LogP contribution is -2.02. The van der Waals surface area contributed by atoms with Gasteiger partial charge in [0.05, 0.1) is 0 Å². The lowest BCUT2D eigenvalue weighted by Gasteiger charge is -2.01. The van der Waals surface area contributed by atoms with Crippen molar-refractivity contribution in [3.63, 3.8) is 0 Å². The van der Waals surface area contributed by atoms with E-state index in [1.54, 1.807) is 6.07 Å². The number of isocyanates is 1. The normalized spacial score (nSPS) is 11.8. The Morgan fingerprint density at radius 3 is 2.77 bits per heavy atom. The molecule has 1 unspecified atom stereocenters. The van der Waals surface area contributed by atoms with E-state index in [4.69, 9.17) is 0 Å². The molecular weight excluding hydrogens is 176 g/mol. The number of aliphatic imine (C=N–C) groups is 1. The van der Waals surface area contributed by atoms with E-state index in [9.17, 15) is 13.6 Å². The molecule has 0 saturated heterocycles. The molecule has 0 aromatic heterocycles. The van der Waals surface area contributed by atoms with Crippen molar-refractivity contribution in [2.45, 2.75) is 12.7 Å². The second kappa shape index (κ2) is 4.48. The summed E-state index contributed by atoms with van der Waals surface area (Å²) in [6.45, 7) is 0. The lowest BCUT2D eigenvalue weighted by molar-refractivity contribution is 0.340. The molecular formula is C9H7F2NO. The lowest BCUT2D eigenvalue weighted by atomic mass is 10.1. The molecule has 0 aliphatic carbocycles. The highest BCUT2D eigenvalue weighted by Crippen LogP contribution is 2.10. The molecule has 1 aromatic carbocycles. The molecule has 0 N–H and O–H groups in total. The van der Waals surface area contributed by atoms with Crippen LogP contribution in [0.25, 0.3) is 0 Å². The molecule has 1 aromatic rings. The summed E-state index contributed by atoms with van der Waals surface area (Å²) >= 11 is 0. The maximum atomic E-state index is 12.9. The first-order chi connectivity index (χ1) is 6.24. The largest absolute Gasteiger partial charge is 0.237 e. The molecule has 13 heavy (non-hydrogen) atoms. The Hall–Kier alpha value is -1.54. The number of alkyl halides is 1. The highest BCUT2D eigenvalue weighted by Gasteiger charge is 2.08. The van der Waals surface area contributed by atoms with Crippen LogP contribution in [0.15, 0.2) is 29.3 Å². The maximum Gasteiger partial charge on any atom is 0.237 e. The molecule has 0 spiro atoms. The summed E-state index contributed by atoms with van der Waals surface area (Å²) in [7, 11) is 0. The predicted octanol–water partition coefficient (Wildman–Crippen LogP) is 2.00. The average Bonchev–Trinajstić information content (AvgIpc) is 2.09. The fraction of sp³-hybridized carbons (Fsp3) is 0.222. The molecule has 68 valence electrons. The van der Waals surface area contributed by atoms with Crippen LogP contribution in [-0.2, 0) is 11.2 Å². The van der Waals surface area contributed by atoms with E-state index in [0.29, 0.717) is 0 Å². The van der Waals surface area contributed by atoms with Crippen LogP contribution in [-0.4, -0.2) is 12.4 Å². The van der Waals surface area contributed by atoms with Crippen molar-refractivity contribution < 1.29 is 13.6 Å². The number of halogens is 2. The Bertz CT molecular complexity index is 334. The van der Waals surface area contributed by atoms with Gasteiger partial charge < -0.3 is 0 Å². The van der Waals surface area contributed by atoms with Gasteiger partial charge in [-0.25, -0.2) is 13.6 Å². The molecule has 2 nitrogen and oxygen atoms in total. The molecule has 4 heteroatoms. The number of hydrogen-bond acceptors (Lipinski definition) is 2. The number of nitrogens with zero attached hydrogens (tertiary/aromatic N) is 1. The quantitative estimate of drug-likeness (QED) is 0.400. The first kappa shape index (κ1) is 9.55. The van der Waals surface area contributed by atoms with Crippen LogP contribution in [0, 0.1) is 5.82 Å². The zero-order valence-electron chi connectivity index (χ0n) is 6.71. The molecule has 0 aliphatic rings. The summed E-state index contributed by atoms with van der Waals surface area (Å²) < 4.78 is 25.6. The van der Waals surface area contributed by atoms with Crippen LogP contribution >= 0.6 is 0 Å². The maximum absolute atomic E-state index is 12.9. The number of hydrogen-bond donors (Lipinski definition) is 0. The zero-order valence-corrected chi connectivity index (χ0v) is 6.71. The van der Waals surface area contributed by atoms with Gasteiger partial charge in [-0.3, -0.25) is 0 Å². The number of carbonyl (C=O) groups excluding carboxylic acids is 1. The highest BCUT2D eigenvalue weighted by molar-refractivity contribution is 5.33. The van der Waals surface area contributed by atoms with Crippen molar-refractivity contribution in [3.05, 3.63) is 35.6 Å². The second-order valence-corrected chi connectivity index (χ2v) is 2.45. The zero-order chi connectivity index (χ0) is 9.68. The first-order valence-electron chi connectivity index (χ1n) is 3.68. The smallest absolute Gasteiger partial charge is 0.221 e. The van der Waals surface area contributed by atoms with E-state index in [2.05, 4.69) is 4.99 Å². The molecule has 0 saturated carbocycles. The molecule has 0 radical (unpaired) electrons. The van der Waals surface area contributed by atoms with Gasteiger partial charge in [0.1, 0.15) is 5.82 Å². The minimum Gasteiger partial charge on any atom is -0.221 e. The van der Waals surface area contributed by atoms with Crippen LogP contribution in [0.2, 0.25) is 0 Å². The summed E-state index contributed by atoms with van der Waals surface area (Å²) in [5.41, 5.74) is 0.203. The van der Waals surface area contributed by atoms with E-state index in [0.717, 1.165) is 6.08 Å². The Labute approximate surface area is 73.9 Å². The molecule has 0 aliphatic heterocycles. The van der Waals surface area contributed by atoms with E-state index in [-0.39, 0.29) is 12.0 Å². The van der Waals surface area contributed by atoms with Crippen molar-refractivity contribution in [1.82, 2.24) is 0 Å². The molecule has 1 atom stereocenters. The van der Waals surface area contributed by atoms with E-state index >= 15 is 0 Å². The van der Waals surface area contributed by atoms with Crippen LogP contribution in [0.1, 0.15) is 5.56 Å². The summed E-state index contributed by atoms with van der Waals surface area (Å²) in [5.74, 6) is -0.494. The van der Waals surface area contributed by atoms with Crippen molar-refractivity contribution >= 4 is 6.08 Å². The topological polar surface area (TPSA) is 29.4 Å². The molecule has 0 fully saturated rings. The van der Waals surface area contributed by atoms with E-state index in [1.807, 2.05) is 0 Å². The Morgan fingerprint density at radius 1 is 1.46 bits per heavy atom. The van der Waals surface area contributed by atoms with Crippen molar-refractivity contribution in [2.75, 3.05) is 0 Å².